The molecule has 1 aliphatic rings. The lowest BCUT2D eigenvalue weighted by Crippen LogP contribution is -2.39. The van der Waals surface area contributed by atoms with Crippen molar-refractivity contribution in [3.63, 3.8) is 0 Å². The molecule has 3 heterocycles. The Balaban J connectivity index is 1.83. The Kier molecular flexibility index (Phi) is 3.04. The van der Waals surface area contributed by atoms with Crippen LogP contribution in [0, 0.1) is 0 Å². The van der Waals surface area contributed by atoms with E-state index in [1.165, 1.54) is 9.46 Å². The average Bonchev–Trinajstić information content (AvgIpc) is 2.77. The molecular formula is C12H14N4O3. The summed E-state index contributed by atoms with van der Waals surface area (Å²) in [6.07, 6.45) is 3.51. The Morgan fingerprint density at radius 1 is 1.37 bits per heavy atom. The van der Waals surface area contributed by atoms with Gasteiger partial charge < -0.3 is 0 Å². The van der Waals surface area contributed by atoms with Gasteiger partial charge in [0, 0.05) is 12.7 Å². The van der Waals surface area contributed by atoms with Gasteiger partial charge in [0.15, 0.2) is 5.65 Å². The molecule has 0 spiro atoms. The van der Waals surface area contributed by atoms with Gasteiger partial charge in [-0.3, -0.25) is 14.0 Å². The van der Waals surface area contributed by atoms with E-state index in [9.17, 15) is 9.59 Å². The third kappa shape index (κ3) is 2.24. The quantitative estimate of drug-likeness (QED) is 0.767. The van der Waals surface area contributed by atoms with Gasteiger partial charge in [0.2, 0.25) is 0 Å². The van der Waals surface area contributed by atoms with E-state index in [2.05, 4.69) is 5.10 Å². The molecule has 0 atom stereocenters. The molecule has 1 fully saturated rings. The number of carbonyl (C=O) groups is 1. The van der Waals surface area contributed by atoms with E-state index in [0.29, 0.717) is 18.8 Å². The molecule has 100 valence electrons. The lowest BCUT2D eigenvalue weighted by atomic mass is 10.3. The van der Waals surface area contributed by atoms with Crippen LogP contribution in [-0.2, 0) is 16.2 Å². The fraction of sp³-hybridized carbons (Fsp3) is 0.417. The van der Waals surface area contributed by atoms with E-state index in [0.717, 1.165) is 17.5 Å². The topological polar surface area (TPSA) is 68.8 Å². The third-order valence-corrected chi connectivity index (χ3v) is 3.05. The molecule has 1 amide bonds. The van der Waals surface area contributed by atoms with Gasteiger partial charge in [-0.15, -0.1) is 5.10 Å². The SMILES string of the molecule is O=C(Cn1nc2ccccn2c1=O)N1CCCCO1. The molecule has 7 nitrogen and oxygen atoms in total. The van der Waals surface area contributed by atoms with Crippen LogP contribution in [0.4, 0.5) is 0 Å². The van der Waals surface area contributed by atoms with Crippen molar-refractivity contribution in [2.24, 2.45) is 0 Å². The predicted molar refractivity (Wildman–Crippen MR) is 66.4 cm³/mol. The average molecular weight is 262 g/mol. The molecule has 1 saturated heterocycles. The number of aromatic nitrogens is 3. The second-order valence-corrected chi connectivity index (χ2v) is 4.41. The van der Waals surface area contributed by atoms with Crippen LogP contribution in [0.15, 0.2) is 29.2 Å². The molecule has 3 rings (SSSR count). The normalized spacial score (nSPS) is 15.9. The maximum atomic E-state index is 12.0. The Morgan fingerprint density at radius 2 is 2.26 bits per heavy atom. The molecule has 1 aliphatic heterocycles. The van der Waals surface area contributed by atoms with Crippen molar-refractivity contribution in [2.75, 3.05) is 13.2 Å². The summed E-state index contributed by atoms with van der Waals surface area (Å²) in [5, 5.41) is 5.43. The standard InChI is InChI=1S/C12H14N4O3/c17-11(16-7-3-4-8-19-16)9-15-12(18)14-6-2-1-5-10(14)13-15/h1-2,5-6H,3-4,7-9H2. The summed E-state index contributed by atoms with van der Waals surface area (Å²) >= 11 is 0. The molecule has 2 aromatic rings. The van der Waals surface area contributed by atoms with Crippen molar-refractivity contribution in [3.05, 3.63) is 34.9 Å². The third-order valence-electron chi connectivity index (χ3n) is 3.05. The first-order valence-corrected chi connectivity index (χ1v) is 6.23. The van der Waals surface area contributed by atoms with Crippen LogP contribution in [0.2, 0.25) is 0 Å². The minimum Gasteiger partial charge on any atom is -0.271 e. The molecule has 2 aromatic heterocycles. The Morgan fingerprint density at radius 3 is 3.00 bits per heavy atom. The van der Waals surface area contributed by atoms with Crippen LogP contribution < -0.4 is 5.69 Å². The highest BCUT2D eigenvalue weighted by Gasteiger charge is 2.19. The molecule has 0 saturated carbocycles. The molecule has 0 unspecified atom stereocenters. The van der Waals surface area contributed by atoms with E-state index >= 15 is 0 Å². The van der Waals surface area contributed by atoms with Gasteiger partial charge >= 0.3 is 5.69 Å². The number of amides is 1. The number of pyridine rings is 1. The van der Waals surface area contributed by atoms with Gasteiger partial charge in [-0.05, 0) is 25.0 Å². The van der Waals surface area contributed by atoms with Gasteiger partial charge in [-0.1, -0.05) is 6.07 Å². The van der Waals surface area contributed by atoms with E-state index in [1.54, 1.807) is 24.4 Å². The van der Waals surface area contributed by atoms with Crippen molar-refractivity contribution in [3.8, 4) is 0 Å². The van der Waals surface area contributed by atoms with Gasteiger partial charge in [0.1, 0.15) is 6.54 Å². The summed E-state index contributed by atoms with van der Waals surface area (Å²) in [7, 11) is 0. The minimum absolute atomic E-state index is 0.0967. The zero-order valence-corrected chi connectivity index (χ0v) is 10.4. The maximum Gasteiger partial charge on any atom is 0.350 e. The first kappa shape index (κ1) is 11.9. The number of fused-ring (bicyclic) bond motifs is 1. The lowest BCUT2D eigenvalue weighted by Gasteiger charge is -2.25. The van der Waals surface area contributed by atoms with Crippen LogP contribution >= 0.6 is 0 Å². The van der Waals surface area contributed by atoms with Crippen LogP contribution in [0.1, 0.15) is 12.8 Å². The van der Waals surface area contributed by atoms with Crippen molar-refractivity contribution in [2.45, 2.75) is 19.4 Å². The highest BCUT2D eigenvalue weighted by Crippen LogP contribution is 2.06. The van der Waals surface area contributed by atoms with Crippen molar-refractivity contribution < 1.29 is 9.63 Å². The summed E-state index contributed by atoms with van der Waals surface area (Å²) in [6, 6.07) is 5.26. The largest absolute Gasteiger partial charge is 0.350 e. The van der Waals surface area contributed by atoms with Crippen LogP contribution in [0.5, 0.6) is 0 Å². The fourth-order valence-electron chi connectivity index (χ4n) is 2.07. The van der Waals surface area contributed by atoms with E-state index < -0.39 is 0 Å². The van der Waals surface area contributed by atoms with Crippen molar-refractivity contribution in [1.82, 2.24) is 19.2 Å². The number of nitrogens with zero attached hydrogens (tertiary/aromatic N) is 4. The summed E-state index contributed by atoms with van der Waals surface area (Å²) in [5.74, 6) is -0.245. The second-order valence-electron chi connectivity index (χ2n) is 4.41. The predicted octanol–water partition coefficient (Wildman–Crippen LogP) is 0.0500. The summed E-state index contributed by atoms with van der Waals surface area (Å²) in [5.41, 5.74) is 0.209. The van der Waals surface area contributed by atoms with E-state index in [-0.39, 0.29) is 18.1 Å². The second kappa shape index (κ2) is 4.85. The molecule has 7 heteroatoms. The summed E-state index contributed by atoms with van der Waals surface area (Å²) < 4.78 is 2.57. The molecule has 0 radical (unpaired) electrons. The molecule has 0 bridgehead atoms. The van der Waals surface area contributed by atoms with Crippen LogP contribution in [0.25, 0.3) is 5.65 Å². The van der Waals surface area contributed by atoms with Gasteiger partial charge in [-0.2, -0.15) is 0 Å². The molecule has 0 aromatic carbocycles. The summed E-state index contributed by atoms with van der Waals surface area (Å²) in [6.45, 7) is 1.02. The minimum atomic E-state index is -0.319. The van der Waals surface area contributed by atoms with Crippen LogP contribution in [-0.4, -0.2) is 38.3 Å². The van der Waals surface area contributed by atoms with E-state index in [4.69, 9.17) is 4.84 Å². The molecule has 0 N–H and O–H groups in total. The maximum absolute atomic E-state index is 12.0. The Labute approximate surface area is 109 Å². The highest BCUT2D eigenvalue weighted by atomic mass is 16.7. The number of hydrogen-bond donors (Lipinski definition) is 0. The number of carbonyl (C=O) groups excluding carboxylic acids is 1. The first-order valence-electron chi connectivity index (χ1n) is 6.23. The Hall–Kier alpha value is -2.15. The molecule has 0 aliphatic carbocycles. The smallest absolute Gasteiger partial charge is 0.271 e. The van der Waals surface area contributed by atoms with Gasteiger partial charge in [-0.25, -0.2) is 14.5 Å². The number of hydrogen-bond acceptors (Lipinski definition) is 4. The first-order chi connectivity index (χ1) is 9.25. The van der Waals surface area contributed by atoms with Gasteiger partial charge in [0.25, 0.3) is 5.91 Å². The fourth-order valence-corrected chi connectivity index (χ4v) is 2.07. The number of hydroxylamine groups is 2. The summed E-state index contributed by atoms with van der Waals surface area (Å²) in [4.78, 5) is 29.2. The number of rotatable bonds is 2. The van der Waals surface area contributed by atoms with Crippen molar-refractivity contribution >= 4 is 11.6 Å². The van der Waals surface area contributed by atoms with Crippen LogP contribution in [0.3, 0.4) is 0 Å². The molecular weight excluding hydrogens is 248 g/mol. The zero-order valence-electron chi connectivity index (χ0n) is 10.4. The lowest BCUT2D eigenvalue weighted by molar-refractivity contribution is -0.197. The van der Waals surface area contributed by atoms with Crippen molar-refractivity contribution in [1.29, 1.82) is 0 Å². The monoisotopic (exact) mass is 262 g/mol. The van der Waals surface area contributed by atoms with E-state index in [1.807, 2.05) is 0 Å². The van der Waals surface area contributed by atoms with Gasteiger partial charge in [0.05, 0.1) is 6.61 Å². The zero-order chi connectivity index (χ0) is 13.2. The Bertz CT molecular complexity index is 654. The highest BCUT2D eigenvalue weighted by molar-refractivity contribution is 5.74. The molecule has 19 heavy (non-hydrogen) atoms.